The summed E-state index contributed by atoms with van der Waals surface area (Å²) in [6.07, 6.45) is 3.36. The van der Waals surface area contributed by atoms with Gasteiger partial charge in [0.2, 0.25) is 6.41 Å². The molecule has 2 nitrogen and oxygen atoms in total. The Morgan fingerprint density at radius 3 is 2.33 bits per heavy atom. The Morgan fingerprint density at radius 1 is 1.42 bits per heavy atom. The third-order valence-electron chi connectivity index (χ3n) is 2.25. The highest BCUT2D eigenvalue weighted by Crippen LogP contribution is 2.21. The van der Waals surface area contributed by atoms with Crippen molar-refractivity contribution in [2.45, 2.75) is 46.6 Å². The summed E-state index contributed by atoms with van der Waals surface area (Å²) in [6.45, 7) is 9.31. The normalized spacial score (nSPS) is 22.1. The molecule has 1 rings (SSSR count). The molecule has 1 atom stereocenters. The van der Waals surface area contributed by atoms with E-state index in [1.165, 1.54) is 12.8 Å². The Kier molecular flexibility index (Phi) is 5.77. The Balaban J connectivity index is 0.000000561. The summed E-state index contributed by atoms with van der Waals surface area (Å²) >= 11 is 0. The van der Waals surface area contributed by atoms with E-state index in [0.717, 1.165) is 13.0 Å². The minimum Gasteiger partial charge on any atom is -0.342 e. The minimum absolute atomic E-state index is 0.512. The maximum atomic E-state index is 10.4. The lowest BCUT2D eigenvalue weighted by atomic mass is 10.0. The summed E-state index contributed by atoms with van der Waals surface area (Å²) in [7, 11) is 0. The van der Waals surface area contributed by atoms with Crippen LogP contribution in [0.15, 0.2) is 0 Å². The molecule has 0 bridgehead atoms. The SMILES string of the molecule is CC.CC(C)C1CCCN1C=O. The zero-order valence-corrected chi connectivity index (χ0v) is 8.71. The number of likely N-dealkylation sites (tertiary alicyclic amines) is 1. The lowest BCUT2D eigenvalue weighted by Crippen LogP contribution is -2.31. The first kappa shape index (κ1) is 11.5. The van der Waals surface area contributed by atoms with Crippen molar-refractivity contribution in [2.75, 3.05) is 6.54 Å². The fourth-order valence-corrected chi connectivity index (χ4v) is 1.66. The first-order valence-corrected chi connectivity index (χ1v) is 4.96. The molecule has 0 aromatic carbocycles. The van der Waals surface area contributed by atoms with E-state index in [9.17, 15) is 4.79 Å². The molecule has 12 heavy (non-hydrogen) atoms. The van der Waals surface area contributed by atoms with Crippen molar-refractivity contribution >= 4 is 6.41 Å². The summed E-state index contributed by atoms with van der Waals surface area (Å²) in [5, 5.41) is 0. The van der Waals surface area contributed by atoms with Crippen LogP contribution in [-0.2, 0) is 4.79 Å². The van der Waals surface area contributed by atoms with E-state index in [1.54, 1.807) is 0 Å². The third kappa shape index (κ3) is 2.84. The van der Waals surface area contributed by atoms with Gasteiger partial charge in [0.05, 0.1) is 0 Å². The molecule has 1 unspecified atom stereocenters. The Hall–Kier alpha value is -0.530. The molecule has 0 aromatic rings. The number of hydrogen-bond donors (Lipinski definition) is 0. The molecular weight excluding hydrogens is 150 g/mol. The maximum Gasteiger partial charge on any atom is 0.209 e. The third-order valence-corrected chi connectivity index (χ3v) is 2.25. The highest BCUT2D eigenvalue weighted by atomic mass is 16.1. The Bertz CT molecular complexity index is 123. The van der Waals surface area contributed by atoms with Gasteiger partial charge in [0.1, 0.15) is 0 Å². The van der Waals surface area contributed by atoms with Gasteiger partial charge in [0.25, 0.3) is 0 Å². The quantitative estimate of drug-likeness (QED) is 0.584. The van der Waals surface area contributed by atoms with Crippen molar-refractivity contribution < 1.29 is 4.79 Å². The molecule has 2 heteroatoms. The number of hydrogen-bond acceptors (Lipinski definition) is 1. The van der Waals surface area contributed by atoms with E-state index in [4.69, 9.17) is 0 Å². The number of nitrogens with zero attached hydrogens (tertiary/aromatic N) is 1. The molecule has 1 aliphatic heterocycles. The van der Waals surface area contributed by atoms with Gasteiger partial charge in [-0.15, -0.1) is 0 Å². The Morgan fingerprint density at radius 2 is 2.00 bits per heavy atom. The summed E-state index contributed by atoms with van der Waals surface area (Å²) < 4.78 is 0. The molecule has 1 saturated heterocycles. The molecule has 1 aliphatic rings. The number of rotatable bonds is 2. The molecule has 0 spiro atoms. The monoisotopic (exact) mass is 171 g/mol. The van der Waals surface area contributed by atoms with Crippen molar-refractivity contribution in [3.63, 3.8) is 0 Å². The highest BCUT2D eigenvalue weighted by molar-refractivity contribution is 5.48. The Labute approximate surface area is 75.9 Å². The molecular formula is C10H21NO. The fourth-order valence-electron chi connectivity index (χ4n) is 1.66. The number of carbonyl (C=O) groups is 1. The van der Waals surface area contributed by atoms with Gasteiger partial charge >= 0.3 is 0 Å². The summed E-state index contributed by atoms with van der Waals surface area (Å²) in [5.74, 6) is 0.618. The van der Waals surface area contributed by atoms with Crippen LogP contribution >= 0.6 is 0 Å². The lowest BCUT2D eigenvalue weighted by molar-refractivity contribution is -0.119. The van der Waals surface area contributed by atoms with Gasteiger partial charge in [-0.3, -0.25) is 4.79 Å². The second kappa shape index (κ2) is 6.04. The molecule has 1 fully saturated rings. The standard InChI is InChI=1S/C8H15NO.C2H6/c1-7(2)8-4-3-5-9(8)6-10;1-2/h6-8H,3-5H2,1-2H3;1-2H3. The maximum absolute atomic E-state index is 10.4. The van der Waals surface area contributed by atoms with E-state index >= 15 is 0 Å². The van der Waals surface area contributed by atoms with Crippen molar-refractivity contribution in [3.05, 3.63) is 0 Å². The average Bonchev–Trinajstić information content (AvgIpc) is 2.55. The molecule has 0 radical (unpaired) electrons. The number of carbonyl (C=O) groups excluding carboxylic acids is 1. The van der Waals surface area contributed by atoms with E-state index in [2.05, 4.69) is 13.8 Å². The largest absolute Gasteiger partial charge is 0.342 e. The topological polar surface area (TPSA) is 20.3 Å². The van der Waals surface area contributed by atoms with E-state index in [-0.39, 0.29) is 0 Å². The van der Waals surface area contributed by atoms with Crippen molar-refractivity contribution in [3.8, 4) is 0 Å². The minimum atomic E-state index is 0.512. The zero-order chi connectivity index (χ0) is 9.56. The van der Waals surface area contributed by atoms with Crippen LogP contribution < -0.4 is 0 Å². The molecule has 1 heterocycles. The van der Waals surface area contributed by atoms with Crippen LogP contribution in [0, 0.1) is 5.92 Å². The second-order valence-corrected chi connectivity index (χ2v) is 3.30. The predicted octanol–water partition coefficient (Wildman–Crippen LogP) is 2.29. The van der Waals surface area contributed by atoms with Crippen LogP contribution in [0.3, 0.4) is 0 Å². The number of amides is 1. The van der Waals surface area contributed by atoms with Crippen LogP contribution in [0.1, 0.15) is 40.5 Å². The van der Waals surface area contributed by atoms with E-state index in [0.29, 0.717) is 12.0 Å². The van der Waals surface area contributed by atoms with Crippen molar-refractivity contribution in [2.24, 2.45) is 5.92 Å². The molecule has 0 N–H and O–H groups in total. The predicted molar refractivity (Wildman–Crippen MR) is 52.0 cm³/mol. The van der Waals surface area contributed by atoms with Crippen LogP contribution in [-0.4, -0.2) is 23.9 Å². The van der Waals surface area contributed by atoms with Crippen molar-refractivity contribution in [1.29, 1.82) is 0 Å². The molecule has 0 saturated carbocycles. The van der Waals surface area contributed by atoms with Gasteiger partial charge < -0.3 is 4.90 Å². The van der Waals surface area contributed by atoms with E-state index in [1.807, 2.05) is 18.7 Å². The van der Waals surface area contributed by atoms with Crippen LogP contribution in [0.4, 0.5) is 0 Å². The highest BCUT2D eigenvalue weighted by Gasteiger charge is 2.24. The van der Waals surface area contributed by atoms with Crippen LogP contribution in [0.2, 0.25) is 0 Å². The van der Waals surface area contributed by atoms with E-state index < -0.39 is 0 Å². The molecule has 72 valence electrons. The molecule has 0 aliphatic carbocycles. The lowest BCUT2D eigenvalue weighted by Gasteiger charge is -2.22. The molecule has 0 aromatic heterocycles. The van der Waals surface area contributed by atoms with Crippen molar-refractivity contribution in [1.82, 2.24) is 4.90 Å². The second-order valence-electron chi connectivity index (χ2n) is 3.30. The first-order chi connectivity index (χ1) is 5.75. The fraction of sp³-hybridized carbons (Fsp3) is 0.900. The average molecular weight is 171 g/mol. The summed E-state index contributed by atoms with van der Waals surface area (Å²) in [4.78, 5) is 12.4. The van der Waals surface area contributed by atoms with Gasteiger partial charge in [0.15, 0.2) is 0 Å². The van der Waals surface area contributed by atoms with Gasteiger partial charge in [-0.05, 0) is 18.8 Å². The summed E-state index contributed by atoms with van der Waals surface area (Å²) in [6, 6.07) is 0.512. The zero-order valence-electron chi connectivity index (χ0n) is 8.71. The van der Waals surface area contributed by atoms with Gasteiger partial charge in [-0.2, -0.15) is 0 Å². The van der Waals surface area contributed by atoms with Crippen LogP contribution in [0.25, 0.3) is 0 Å². The first-order valence-electron chi connectivity index (χ1n) is 4.96. The van der Waals surface area contributed by atoms with Gasteiger partial charge in [0, 0.05) is 12.6 Å². The van der Waals surface area contributed by atoms with Gasteiger partial charge in [-0.1, -0.05) is 27.7 Å². The summed E-state index contributed by atoms with van der Waals surface area (Å²) in [5.41, 5.74) is 0. The van der Waals surface area contributed by atoms with Crippen LogP contribution in [0.5, 0.6) is 0 Å². The van der Waals surface area contributed by atoms with Gasteiger partial charge in [-0.25, -0.2) is 0 Å². The molecule has 1 amide bonds. The smallest absolute Gasteiger partial charge is 0.209 e.